The van der Waals surface area contributed by atoms with Gasteiger partial charge in [0.1, 0.15) is 11.7 Å². The fourth-order valence-electron chi connectivity index (χ4n) is 2.36. The molecule has 0 saturated heterocycles. The van der Waals surface area contributed by atoms with Crippen LogP contribution in [0.2, 0.25) is 0 Å². The topological polar surface area (TPSA) is 71.4 Å². The van der Waals surface area contributed by atoms with Gasteiger partial charge in [0.25, 0.3) is 10.1 Å². The molecule has 0 aliphatic carbocycles. The van der Waals surface area contributed by atoms with E-state index in [4.69, 9.17) is 4.79 Å². The Hall–Kier alpha value is -1.72. The zero-order chi connectivity index (χ0) is 15.9. The number of unbranched alkanes of at least 4 members (excludes halogenated alkanes) is 2. The zero-order valence-corrected chi connectivity index (χ0v) is 12.9. The summed E-state index contributed by atoms with van der Waals surface area (Å²) < 4.78 is 32.8. The monoisotopic (exact) mass is 308 g/mol. The number of carbonyl (C=O) groups excluding carboxylic acids is 1. The van der Waals surface area contributed by atoms with Crippen molar-refractivity contribution in [2.45, 2.75) is 37.5 Å². The van der Waals surface area contributed by atoms with Crippen LogP contribution in [0.4, 0.5) is 0 Å². The average molecular weight is 308 g/mol. The van der Waals surface area contributed by atoms with Crippen molar-refractivity contribution in [1.82, 2.24) is 0 Å². The van der Waals surface area contributed by atoms with E-state index < -0.39 is 10.1 Å². The molecule has 114 valence electrons. The number of hydrogen-bond acceptors (Lipinski definition) is 3. The summed E-state index contributed by atoms with van der Waals surface area (Å²) in [6.45, 7) is 4.10. The molecule has 0 radical (unpaired) electrons. The second-order valence-corrected chi connectivity index (χ2v) is 6.07. The highest BCUT2D eigenvalue weighted by Crippen LogP contribution is 2.27. The fourth-order valence-corrected chi connectivity index (χ4v) is 3.32. The van der Waals surface area contributed by atoms with Crippen molar-refractivity contribution in [1.29, 1.82) is 0 Å². The second kappa shape index (κ2) is 7.90. The summed E-state index contributed by atoms with van der Waals surface area (Å²) in [6, 6.07) is 10.9. The lowest BCUT2D eigenvalue weighted by atomic mass is 10.0. The Morgan fingerprint density at radius 3 is 2.33 bits per heavy atom. The van der Waals surface area contributed by atoms with Gasteiger partial charge >= 0.3 is 0 Å². The third-order valence-corrected chi connectivity index (χ3v) is 4.27. The van der Waals surface area contributed by atoms with Gasteiger partial charge in [0.15, 0.2) is 0 Å². The van der Waals surface area contributed by atoms with Crippen LogP contribution in [0.3, 0.4) is 0 Å². The molecule has 4 nitrogen and oxygen atoms in total. The van der Waals surface area contributed by atoms with Gasteiger partial charge in [-0.05, 0) is 23.8 Å². The largest absolute Gasteiger partial charge is 0.307 e. The first-order chi connectivity index (χ1) is 10.0. The van der Waals surface area contributed by atoms with E-state index in [1.807, 2.05) is 25.0 Å². The molecular weight excluding hydrogens is 288 g/mol. The van der Waals surface area contributed by atoms with Crippen molar-refractivity contribution in [2.75, 3.05) is 0 Å². The normalized spacial score (nSPS) is 11.0. The lowest BCUT2D eigenvalue weighted by molar-refractivity contribution is -0.0979. The van der Waals surface area contributed by atoms with E-state index in [9.17, 15) is 13.0 Å². The summed E-state index contributed by atoms with van der Waals surface area (Å²) in [5.41, 5.74) is 0.703. The molecule has 5 heteroatoms. The van der Waals surface area contributed by atoms with E-state index in [2.05, 4.69) is 6.92 Å². The average Bonchev–Trinajstić information content (AvgIpc) is 2.48. The van der Waals surface area contributed by atoms with Gasteiger partial charge in [-0.25, -0.2) is 0 Å². The van der Waals surface area contributed by atoms with Crippen molar-refractivity contribution < 1.29 is 17.8 Å². The van der Waals surface area contributed by atoms with E-state index in [1.165, 1.54) is 0 Å². The van der Waals surface area contributed by atoms with E-state index in [0.717, 1.165) is 24.6 Å². The molecule has 0 fully saturated rings. The molecule has 0 atom stereocenters. The highest BCUT2D eigenvalue weighted by atomic mass is 32.2. The molecule has 0 aromatic heterocycles. The number of benzene rings is 2. The van der Waals surface area contributed by atoms with Crippen LogP contribution in [-0.2, 0) is 21.3 Å². The molecule has 21 heavy (non-hydrogen) atoms. The second-order valence-electron chi connectivity index (χ2n) is 4.71. The lowest BCUT2D eigenvalue weighted by Gasteiger charge is -2.10. The lowest BCUT2D eigenvalue weighted by Crippen LogP contribution is -2.04. The molecule has 0 heterocycles. The molecule has 0 aliphatic rings. The fraction of sp³-hybridized carbons (Fsp3) is 0.312. The Kier molecular flexibility index (Phi) is 6.52. The molecule has 2 aromatic rings. The van der Waals surface area contributed by atoms with Gasteiger partial charge in [-0.2, -0.15) is 8.42 Å². The van der Waals surface area contributed by atoms with Gasteiger partial charge in [-0.15, -0.1) is 0 Å². The minimum atomic E-state index is -4.20. The predicted octanol–water partition coefficient (Wildman–Crippen LogP) is 3.63. The molecule has 2 aromatic carbocycles. The summed E-state index contributed by atoms with van der Waals surface area (Å²) in [5, 5.41) is 1.42. The van der Waals surface area contributed by atoms with Gasteiger partial charge < -0.3 is 4.79 Å². The van der Waals surface area contributed by atoms with E-state index >= 15 is 0 Å². The van der Waals surface area contributed by atoms with Crippen molar-refractivity contribution in [3.8, 4) is 0 Å². The van der Waals surface area contributed by atoms with E-state index in [-0.39, 0.29) is 4.90 Å². The maximum absolute atomic E-state index is 11.7. The standard InChI is InChI=1S/C15H18O3S.CH2O/c1-2-3-4-8-13-11-10-12-7-5-6-9-14(12)15(13)19(16,17)18;1-2/h5-7,9-11H,2-4,8H2,1H3,(H,16,17,18);1H2. The van der Waals surface area contributed by atoms with Crippen LogP contribution in [0, 0.1) is 0 Å². The molecule has 0 bridgehead atoms. The Labute approximate surface area is 125 Å². The predicted molar refractivity (Wildman–Crippen MR) is 84.1 cm³/mol. The van der Waals surface area contributed by atoms with Crippen molar-refractivity contribution in [3.05, 3.63) is 42.0 Å². The summed E-state index contributed by atoms with van der Waals surface area (Å²) in [5.74, 6) is 0. The summed E-state index contributed by atoms with van der Waals surface area (Å²) >= 11 is 0. The van der Waals surface area contributed by atoms with Gasteiger partial charge in [0.2, 0.25) is 0 Å². The Morgan fingerprint density at radius 1 is 1.05 bits per heavy atom. The first kappa shape index (κ1) is 17.3. The van der Waals surface area contributed by atoms with Crippen molar-refractivity contribution in [2.24, 2.45) is 0 Å². The zero-order valence-electron chi connectivity index (χ0n) is 12.1. The number of hydrogen-bond donors (Lipinski definition) is 1. The quantitative estimate of drug-likeness (QED) is 0.676. The number of carbonyl (C=O) groups is 1. The van der Waals surface area contributed by atoms with E-state index in [1.54, 1.807) is 18.2 Å². The van der Waals surface area contributed by atoms with Crippen LogP contribution in [0.25, 0.3) is 10.8 Å². The van der Waals surface area contributed by atoms with Gasteiger partial charge in [-0.1, -0.05) is 56.2 Å². The molecular formula is C16H20O4S. The third-order valence-electron chi connectivity index (χ3n) is 3.27. The molecule has 0 aliphatic heterocycles. The molecule has 2 rings (SSSR count). The van der Waals surface area contributed by atoms with Crippen LogP contribution >= 0.6 is 0 Å². The smallest absolute Gasteiger partial charge is 0.295 e. The minimum Gasteiger partial charge on any atom is -0.307 e. The van der Waals surface area contributed by atoms with Crippen LogP contribution < -0.4 is 0 Å². The van der Waals surface area contributed by atoms with Gasteiger partial charge in [0.05, 0.1) is 0 Å². The van der Waals surface area contributed by atoms with Crippen LogP contribution in [0.15, 0.2) is 41.3 Å². The maximum Gasteiger partial charge on any atom is 0.295 e. The molecule has 0 spiro atoms. The summed E-state index contributed by atoms with van der Waals surface area (Å²) in [7, 11) is -4.20. The minimum absolute atomic E-state index is 0.0710. The van der Waals surface area contributed by atoms with Crippen LogP contribution in [0.5, 0.6) is 0 Å². The van der Waals surface area contributed by atoms with Gasteiger partial charge in [-0.3, -0.25) is 4.55 Å². The maximum atomic E-state index is 11.7. The Bertz CT molecular complexity index is 692. The summed E-state index contributed by atoms with van der Waals surface area (Å²) in [4.78, 5) is 8.07. The Morgan fingerprint density at radius 2 is 1.71 bits per heavy atom. The number of fused-ring (bicyclic) bond motifs is 1. The number of rotatable bonds is 5. The van der Waals surface area contributed by atoms with Crippen LogP contribution in [0.1, 0.15) is 31.7 Å². The highest BCUT2D eigenvalue weighted by molar-refractivity contribution is 7.86. The van der Waals surface area contributed by atoms with E-state index in [0.29, 0.717) is 17.4 Å². The van der Waals surface area contributed by atoms with Crippen molar-refractivity contribution in [3.63, 3.8) is 0 Å². The van der Waals surface area contributed by atoms with Gasteiger partial charge in [0, 0.05) is 5.39 Å². The molecule has 0 saturated carbocycles. The van der Waals surface area contributed by atoms with Crippen LogP contribution in [-0.4, -0.2) is 19.8 Å². The first-order valence-corrected chi connectivity index (χ1v) is 8.25. The molecule has 0 unspecified atom stereocenters. The highest BCUT2D eigenvalue weighted by Gasteiger charge is 2.18. The third kappa shape index (κ3) is 4.37. The molecule has 0 amide bonds. The Balaban J connectivity index is 0.00000106. The summed E-state index contributed by atoms with van der Waals surface area (Å²) in [6.07, 6.45) is 3.73. The first-order valence-electron chi connectivity index (χ1n) is 6.81. The van der Waals surface area contributed by atoms with Crippen molar-refractivity contribution >= 4 is 27.7 Å². The SMILES string of the molecule is C=O.CCCCCc1ccc2ccccc2c1S(=O)(=O)O. The number of aryl methyl sites for hydroxylation is 1. The molecule has 1 N–H and O–H groups in total.